The van der Waals surface area contributed by atoms with Gasteiger partial charge in [0.2, 0.25) is 0 Å². The average Bonchev–Trinajstić information content (AvgIpc) is 2.38. The minimum atomic E-state index is -1.08. The molecule has 7 heteroatoms. The van der Waals surface area contributed by atoms with E-state index in [0.29, 0.717) is 11.3 Å². The van der Waals surface area contributed by atoms with Crippen molar-refractivity contribution in [1.29, 1.82) is 0 Å². The van der Waals surface area contributed by atoms with Crippen LogP contribution >= 0.6 is 0 Å². The molecule has 0 spiro atoms. The van der Waals surface area contributed by atoms with Gasteiger partial charge in [0.15, 0.2) is 0 Å². The van der Waals surface area contributed by atoms with Crippen LogP contribution in [0.4, 0.5) is 5.69 Å². The molecule has 1 aromatic carbocycles. The van der Waals surface area contributed by atoms with Crippen LogP contribution in [0.3, 0.4) is 0 Å². The largest absolute Gasteiger partial charge is 0.480 e. The van der Waals surface area contributed by atoms with E-state index in [2.05, 4.69) is 5.32 Å². The Kier molecular flexibility index (Phi) is 5.64. The lowest BCUT2D eigenvalue weighted by molar-refractivity contribution is -0.161. The predicted molar refractivity (Wildman–Crippen MR) is 80.2 cm³/mol. The lowest BCUT2D eigenvalue weighted by Crippen LogP contribution is -2.32. The first-order valence-electron chi connectivity index (χ1n) is 6.70. The molecule has 7 nitrogen and oxygen atoms in total. The number of carboxylic acids is 1. The molecule has 1 aromatic rings. The first-order valence-corrected chi connectivity index (χ1v) is 6.70. The number of carboxylic acid groups (broad SMARTS) is 1. The Labute approximate surface area is 128 Å². The molecule has 0 heterocycles. The second-order valence-electron chi connectivity index (χ2n) is 5.80. The third-order valence-electron chi connectivity index (χ3n) is 2.57. The quantitative estimate of drug-likeness (QED) is 0.562. The van der Waals surface area contributed by atoms with Gasteiger partial charge in [-0.3, -0.25) is 9.59 Å². The van der Waals surface area contributed by atoms with Crippen LogP contribution in [0, 0.1) is 0 Å². The summed E-state index contributed by atoms with van der Waals surface area (Å²) in [4.78, 5) is 33.9. The maximum atomic E-state index is 11.7. The molecular weight excluding hydrogens is 288 g/mol. The Hall–Kier alpha value is -2.41. The molecule has 0 fully saturated rings. The lowest BCUT2D eigenvalue weighted by atomic mass is 10.1. The van der Waals surface area contributed by atoms with Gasteiger partial charge < -0.3 is 20.9 Å². The van der Waals surface area contributed by atoms with Gasteiger partial charge in [0.05, 0.1) is 0 Å². The highest BCUT2D eigenvalue weighted by atomic mass is 16.6. The molecule has 1 atom stereocenters. The zero-order chi connectivity index (χ0) is 16.9. The summed E-state index contributed by atoms with van der Waals surface area (Å²) < 4.78 is 4.94. The third kappa shape index (κ3) is 5.92. The van der Waals surface area contributed by atoms with Gasteiger partial charge in [-0.2, -0.15) is 0 Å². The fourth-order valence-corrected chi connectivity index (χ4v) is 1.57. The van der Waals surface area contributed by atoms with Crippen LogP contribution in [0.25, 0.3) is 0 Å². The van der Waals surface area contributed by atoms with Crippen molar-refractivity contribution in [2.45, 2.75) is 38.8 Å². The van der Waals surface area contributed by atoms with E-state index in [-0.39, 0.29) is 6.42 Å². The van der Waals surface area contributed by atoms with Gasteiger partial charge in [0.1, 0.15) is 11.6 Å². The SMILES string of the molecule is CC(C)(C)OC(=O)C(=O)Nc1ccc(C[C@H](N)C(=O)O)cc1. The first kappa shape index (κ1) is 17.6. The summed E-state index contributed by atoms with van der Waals surface area (Å²) in [5.41, 5.74) is 5.81. The van der Waals surface area contributed by atoms with Gasteiger partial charge >= 0.3 is 17.8 Å². The predicted octanol–water partition coefficient (Wildman–Crippen LogP) is 0.921. The molecule has 0 bridgehead atoms. The van der Waals surface area contributed by atoms with Gasteiger partial charge in [-0.05, 0) is 44.9 Å². The fraction of sp³-hybridized carbons (Fsp3) is 0.400. The van der Waals surface area contributed by atoms with Gasteiger partial charge in [-0.1, -0.05) is 12.1 Å². The summed E-state index contributed by atoms with van der Waals surface area (Å²) in [5.74, 6) is -2.92. The van der Waals surface area contributed by atoms with Crippen LogP contribution in [0.5, 0.6) is 0 Å². The maximum Gasteiger partial charge on any atom is 0.397 e. The topological polar surface area (TPSA) is 119 Å². The molecule has 22 heavy (non-hydrogen) atoms. The van der Waals surface area contributed by atoms with E-state index in [4.69, 9.17) is 15.6 Å². The van der Waals surface area contributed by atoms with Crippen LogP contribution in [0.15, 0.2) is 24.3 Å². The van der Waals surface area contributed by atoms with Crippen LogP contribution in [0.1, 0.15) is 26.3 Å². The van der Waals surface area contributed by atoms with Gasteiger partial charge in [-0.15, -0.1) is 0 Å². The number of amides is 1. The average molecular weight is 308 g/mol. The summed E-state index contributed by atoms with van der Waals surface area (Å²) in [7, 11) is 0. The molecule has 1 amide bonds. The number of carbonyl (C=O) groups is 3. The second-order valence-corrected chi connectivity index (χ2v) is 5.80. The summed E-state index contributed by atoms with van der Waals surface area (Å²) in [6, 6.07) is 5.40. The molecule has 0 unspecified atom stereocenters. The number of nitrogens with two attached hydrogens (primary N) is 1. The molecule has 0 aliphatic carbocycles. The van der Waals surface area contributed by atoms with E-state index in [1.54, 1.807) is 45.0 Å². The molecule has 1 rings (SSSR count). The van der Waals surface area contributed by atoms with Gasteiger partial charge in [0, 0.05) is 5.69 Å². The Bertz CT molecular complexity index is 560. The van der Waals surface area contributed by atoms with Crippen LogP contribution < -0.4 is 11.1 Å². The van der Waals surface area contributed by atoms with E-state index in [1.807, 2.05) is 0 Å². The molecule has 0 saturated carbocycles. The van der Waals surface area contributed by atoms with Crippen LogP contribution in [0.2, 0.25) is 0 Å². The molecule has 0 radical (unpaired) electrons. The van der Waals surface area contributed by atoms with Crippen molar-refractivity contribution in [1.82, 2.24) is 0 Å². The normalized spacial score (nSPS) is 12.4. The Morgan fingerprint density at radius 1 is 1.23 bits per heavy atom. The Morgan fingerprint density at radius 2 is 1.77 bits per heavy atom. The number of nitrogens with one attached hydrogen (secondary N) is 1. The standard InChI is InChI=1S/C15H20N2O5/c1-15(2,3)22-14(21)12(18)17-10-6-4-9(5-7-10)8-11(16)13(19)20/h4-7,11H,8,16H2,1-3H3,(H,17,18)(H,19,20)/t11-/m0/s1. The van der Waals surface area contributed by atoms with Gasteiger partial charge in [-0.25, -0.2) is 4.79 Å². The van der Waals surface area contributed by atoms with Crippen LogP contribution in [-0.4, -0.2) is 34.6 Å². The summed E-state index contributed by atoms with van der Waals surface area (Å²) in [5, 5.41) is 11.1. The summed E-state index contributed by atoms with van der Waals surface area (Å²) in [6.07, 6.45) is 0.176. The highest BCUT2D eigenvalue weighted by Crippen LogP contribution is 2.12. The highest BCUT2D eigenvalue weighted by molar-refractivity contribution is 6.37. The fourth-order valence-electron chi connectivity index (χ4n) is 1.57. The van der Waals surface area contributed by atoms with E-state index < -0.39 is 29.5 Å². The zero-order valence-corrected chi connectivity index (χ0v) is 12.8. The Balaban J connectivity index is 2.62. The van der Waals surface area contributed by atoms with E-state index in [9.17, 15) is 14.4 Å². The van der Waals surface area contributed by atoms with Crippen molar-refractivity contribution < 1.29 is 24.2 Å². The van der Waals surface area contributed by atoms with E-state index in [0.717, 1.165) is 0 Å². The smallest absolute Gasteiger partial charge is 0.397 e. The summed E-state index contributed by atoms with van der Waals surface area (Å²) in [6.45, 7) is 5.00. The molecule has 0 aliphatic heterocycles. The van der Waals surface area contributed by atoms with Crippen molar-refractivity contribution in [3.63, 3.8) is 0 Å². The molecule has 0 aromatic heterocycles. The van der Waals surface area contributed by atoms with Crippen molar-refractivity contribution in [2.75, 3.05) is 5.32 Å². The van der Waals surface area contributed by atoms with Crippen molar-refractivity contribution in [3.05, 3.63) is 29.8 Å². The number of aliphatic carboxylic acids is 1. The molecule has 4 N–H and O–H groups in total. The number of benzene rings is 1. The monoisotopic (exact) mass is 308 g/mol. The maximum absolute atomic E-state index is 11.7. The number of carbonyl (C=O) groups excluding carboxylic acids is 2. The van der Waals surface area contributed by atoms with Gasteiger partial charge in [0.25, 0.3) is 0 Å². The minimum absolute atomic E-state index is 0.176. The molecule has 0 aliphatic rings. The second kappa shape index (κ2) is 7.04. The third-order valence-corrected chi connectivity index (χ3v) is 2.57. The number of rotatable bonds is 4. The number of esters is 1. The van der Waals surface area contributed by atoms with Crippen LogP contribution in [-0.2, 0) is 25.5 Å². The van der Waals surface area contributed by atoms with Crippen molar-refractivity contribution in [2.24, 2.45) is 5.73 Å². The zero-order valence-electron chi connectivity index (χ0n) is 12.8. The number of anilines is 1. The van der Waals surface area contributed by atoms with E-state index in [1.165, 1.54) is 0 Å². The van der Waals surface area contributed by atoms with E-state index >= 15 is 0 Å². The number of ether oxygens (including phenoxy) is 1. The first-order chi connectivity index (χ1) is 10.1. The summed E-state index contributed by atoms with van der Waals surface area (Å²) >= 11 is 0. The molecular formula is C15H20N2O5. The molecule has 0 saturated heterocycles. The number of hydrogen-bond acceptors (Lipinski definition) is 5. The van der Waals surface area contributed by atoms with Crippen molar-refractivity contribution in [3.8, 4) is 0 Å². The molecule has 120 valence electrons. The Morgan fingerprint density at radius 3 is 2.23 bits per heavy atom. The number of hydrogen-bond donors (Lipinski definition) is 3. The van der Waals surface area contributed by atoms with Crippen molar-refractivity contribution >= 4 is 23.5 Å². The highest BCUT2D eigenvalue weighted by Gasteiger charge is 2.22. The lowest BCUT2D eigenvalue weighted by Gasteiger charge is -2.18. The minimum Gasteiger partial charge on any atom is -0.480 e.